The fourth-order valence-corrected chi connectivity index (χ4v) is 1.73. The summed E-state index contributed by atoms with van der Waals surface area (Å²) >= 11 is 0. The minimum absolute atomic E-state index is 0.694. The van der Waals surface area contributed by atoms with E-state index in [9.17, 15) is 0 Å². The van der Waals surface area contributed by atoms with Crippen LogP contribution in [0.4, 0.5) is 0 Å². The van der Waals surface area contributed by atoms with Crippen molar-refractivity contribution in [2.45, 2.75) is 27.3 Å². The molecule has 0 atom stereocenters. The quantitative estimate of drug-likeness (QED) is 0.727. The molecule has 1 aromatic rings. The summed E-state index contributed by atoms with van der Waals surface area (Å²) in [5.41, 5.74) is 1.21. The maximum atomic E-state index is 5.68. The zero-order valence-electron chi connectivity index (χ0n) is 11.8. The van der Waals surface area contributed by atoms with Crippen molar-refractivity contribution >= 4 is 0 Å². The first kappa shape index (κ1) is 14.9. The minimum atomic E-state index is 0.694. The number of likely N-dealkylation sites (N-methyl/N-ethyl adjacent to an activating group) is 1. The average Bonchev–Trinajstić information content (AvgIpc) is 2.42. The molecule has 0 aromatic carbocycles. The number of hydrogen-bond donors (Lipinski definition) is 1. The van der Waals surface area contributed by atoms with E-state index in [4.69, 9.17) is 4.74 Å². The van der Waals surface area contributed by atoms with Gasteiger partial charge in [0.15, 0.2) is 0 Å². The van der Waals surface area contributed by atoms with E-state index in [0.717, 1.165) is 38.6 Å². The highest BCUT2D eigenvalue weighted by Crippen LogP contribution is 2.09. The van der Waals surface area contributed by atoms with Crippen molar-refractivity contribution in [2.75, 3.05) is 32.8 Å². The summed E-state index contributed by atoms with van der Waals surface area (Å²) < 4.78 is 5.68. The van der Waals surface area contributed by atoms with Gasteiger partial charge in [-0.15, -0.1) is 0 Å². The highest BCUT2D eigenvalue weighted by Gasteiger charge is 2.01. The first-order valence-corrected chi connectivity index (χ1v) is 6.80. The molecule has 1 heterocycles. The number of nitrogens with one attached hydrogen (secondary N) is 1. The summed E-state index contributed by atoms with van der Waals surface area (Å²) in [4.78, 5) is 6.56. The van der Waals surface area contributed by atoms with E-state index in [1.807, 2.05) is 12.1 Å². The fraction of sp³-hybridized carbons (Fsp3) is 0.643. The summed E-state index contributed by atoms with van der Waals surface area (Å²) in [6, 6.07) is 4.02. The predicted octanol–water partition coefficient (Wildman–Crippen LogP) is 1.91. The van der Waals surface area contributed by atoms with Gasteiger partial charge < -0.3 is 15.0 Å². The van der Waals surface area contributed by atoms with Gasteiger partial charge in [0.25, 0.3) is 0 Å². The Morgan fingerprint density at radius 2 is 2.06 bits per heavy atom. The van der Waals surface area contributed by atoms with Crippen molar-refractivity contribution in [2.24, 2.45) is 0 Å². The van der Waals surface area contributed by atoms with E-state index in [2.05, 4.69) is 36.0 Å². The molecule has 0 bridgehead atoms. The van der Waals surface area contributed by atoms with Gasteiger partial charge in [0.05, 0.1) is 0 Å². The Kier molecular flexibility index (Phi) is 7.37. The van der Waals surface area contributed by atoms with Gasteiger partial charge in [-0.2, -0.15) is 0 Å². The number of aromatic nitrogens is 1. The second-order valence-electron chi connectivity index (χ2n) is 4.16. The van der Waals surface area contributed by atoms with Gasteiger partial charge >= 0.3 is 0 Å². The zero-order valence-corrected chi connectivity index (χ0v) is 11.8. The lowest BCUT2D eigenvalue weighted by Gasteiger charge is -2.17. The number of pyridine rings is 1. The van der Waals surface area contributed by atoms with Crippen LogP contribution in [0.1, 0.15) is 26.3 Å². The summed E-state index contributed by atoms with van der Waals surface area (Å²) in [5.74, 6) is 0.720. The molecule has 4 nitrogen and oxygen atoms in total. The number of hydrogen-bond acceptors (Lipinski definition) is 4. The molecule has 0 saturated heterocycles. The monoisotopic (exact) mass is 251 g/mol. The SMILES string of the molecule is CCNCc1ccnc(OCCN(CC)CC)c1. The lowest BCUT2D eigenvalue weighted by molar-refractivity contribution is 0.218. The largest absolute Gasteiger partial charge is 0.476 e. The van der Waals surface area contributed by atoms with Crippen molar-refractivity contribution < 1.29 is 4.74 Å². The lowest BCUT2D eigenvalue weighted by Crippen LogP contribution is -2.28. The first-order chi connectivity index (χ1) is 8.80. The van der Waals surface area contributed by atoms with Crippen molar-refractivity contribution in [3.63, 3.8) is 0 Å². The molecule has 102 valence electrons. The molecule has 0 aliphatic rings. The van der Waals surface area contributed by atoms with Crippen molar-refractivity contribution in [1.82, 2.24) is 15.2 Å². The van der Waals surface area contributed by atoms with E-state index < -0.39 is 0 Å². The molecule has 1 N–H and O–H groups in total. The Morgan fingerprint density at radius 3 is 2.72 bits per heavy atom. The van der Waals surface area contributed by atoms with Gasteiger partial charge in [-0.1, -0.05) is 20.8 Å². The maximum Gasteiger partial charge on any atom is 0.213 e. The molecule has 1 rings (SSSR count). The van der Waals surface area contributed by atoms with E-state index in [1.165, 1.54) is 5.56 Å². The van der Waals surface area contributed by atoms with E-state index >= 15 is 0 Å². The lowest BCUT2D eigenvalue weighted by atomic mass is 10.2. The third-order valence-electron chi connectivity index (χ3n) is 2.93. The smallest absolute Gasteiger partial charge is 0.213 e. The van der Waals surface area contributed by atoms with Gasteiger partial charge in [-0.05, 0) is 31.3 Å². The van der Waals surface area contributed by atoms with E-state index in [0.29, 0.717) is 6.61 Å². The second kappa shape index (κ2) is 8.89. The van der Waals surface area contributed by atoms with Gasteiger partial charge in [0, 0.05) is 25.4 Å². The van der Waals surface area contributed by atoms with Gasteiger partial charge in [0.2, 0.25) is 5.88 Å². The molecule has 0 unspecified atom stereocenters. The number of nitrogens with zero attached hydrogens (tertiary/aromatic N) is 2. The molecule has 0 spiro atoms. The molecule has 0 amide bonds. The molecule has 0 saturated carbocycles. The molecule has 4 heteroatoms. The van der Waals surface area contributed by atoms with Crippen LogP contribution in [0.25, 0.3) is 0 Å². The van der Waals surface area contributed by atoms with Crippen LogP contribution in [-0.2, 0) is 6.54 Å². The highest BCUT2D eigenvalue weighted by molar-refractivity contribution is 5.20. The molecule has 1 aromatic heterocycles. The maximum absolute atomic E-state index is 5.68. The Labute approximate surface area is 110 Å². The third-order valence-corrected chi connectivity index (χ3v) is 2.93. The first-order valence-electron chi connectivity index (χ1n) is 6.80. The Hall–Kier alpha value is -1.13. The second-order valence-corrected chi connectivity index (χ2v) is 4.16. The minimum Gasteiger partial charge on any atom is -0.476 e. The van der Waals surface area contributed by atoms with Crippen molar-refractivity contribution in [3.8, 4) is 5.88 Å². The summed E-state index contributed by atoms with van der Waals surface area (Å²) in [6.45, 7) is 12.0. The Balaban J connectivity index is 2.37. The van der Waals surface area contributed by atoms with Crippen LogP contribution < -0.4 is 10.1 Å². The van der Waals surface area contributed by atoms with Crippen LogP contribution in [0, 0.1) is 0 Å². The van der Waals surface area contributed by atoms with Gasteiger partial charge in [0.1, 0.15) is 6.61 Å². The van der Waals surface area contributed by atoms with Crippen LogP contribution >= 0.6 is 0 Å². The standard InChI is InChI=1S/C14H25N3O/c1-4-15-12-13-7-8-16-14(11-13)18-10-9-17(5-2)6-3/h7-8,11,15H,4-6,9-10,12H2,1-3H3. The van der Waals surface area contributed by atoms with Crippen molar-refractivity contribution in [1.29, 1.82) is 0 Å². The van der Waals surface area contributed by atoms with Crippen LogP contribution in [0.2, 0.25) is 0 Å². The van der Waals surface area contributed by atoms with Crippen LogP contribution in [0.3, 0.4) is 0 Å². The zero-order chi connectivity index (χ0) is 13.2. The van der Waals surface area contributed by atoms with Crippen LogP contribution in [-0.4, -0.2) is 42.7 Å². The third kappa shape index (κ3) is 5.47. The van der Waals surface area contributed by atoms with Crippen LogP contribution in [0.15, 0.2) is 18.3 Å². The molecule has 18 heavy (non-hydrogen) atoms. The number of rotatable bonds is 9. The molecular weight excluding hydrogens is 226 g/mol. The Bertz CT molecular complexity index is 327. The average molecular weight is 251 g/mol. The summed E-state index contributed by atoms with van der Waals surface area (Å²) in [7, 11) is 0. The number of ether oxygens (including phenoxy) is 1. The summed E-state index contributed by atoms with van der Waals surface area (Å²) in [6.07, 6.45) is 1.80. The van der Waals surface area contributed by atoms with Gasteiger partial charge in [-0.3, -0.25) is 0 Å². The predicted molar refractivity (Wildman–Crippen MR) is 74.9 cm³/mol. The molecule has 0 aliphatic carbocycles. The normalized spacial score (nSPS) is 10.9. The van der Waals surface area contributed by atoms with Crippen molar-refractivity contribution in [3.05, 3.63) is 23.9 Å². The highest BCUT2D eigenvalue weighted by atomic mass is 16.5. The topological polar surface area (TPSA) is 37.4 Å². The molecular formula is C14H25N3O. The van der Waals surface area contributed by atoms with Gasteiger partial charge in [-0.25, -0.2) is 4.98 Å². The van der Waals surface area contributed by atoms with E-state index in [-0.39, 0.29) is 0 Å². The molecule has 0 aliphatic heterocycles. The molecule has 0 fully saturated rings. The van der Waals surface area contributed by atoms with Crippen LogP contribution in [0.5, 0.6) is 5.88 Å². The van der Waals surface area contributed by atoms with E-state index in [1.54, 1.807) is 6.20 Å². The fourth-order valence-electron chi connectivity index (χ4n) is 1.73. The Morgan fingerprint density at radius 1 is 1.28 bits per heavy atom. The summed E-state index contributed by atoms with van der Waals surface area (Å²) in [5, 5.41) is 3.29. The molecule has 0 radical (unpaired) electrons.